The number of esters is 1. The minimum Gasteiger partial charge on any atom is -0.453 e. The summed E-state index contributed by atoms with van der Waals surface area (Å²) in [6, 6.07) is 2.98. The largest absolute Gasteiger partial charge is 0.453 e. The summed E-state index contributed by atoms with van der Waals surface area (Å²) in [5, 5.41) is 38.0. The molecule has 1 aromatic heterocycles. The Labute approximate surface area is 114 Å². The van der Waals surface area contributed by atoms with E-state index in [1.54, 1.807) is 0 Å². The van der Waals surface area contributed by atoms with E-state index >= 15 is 0 Å². The molecule has 1 aliphatic rings. The van der Waals surface area contributed by atoms with Gasteiger partial charge in [0, 0.05) is 12.4 Å². The number of aromatic nitrogens is 1. The molecule has 0 radical (unpaired) electrons. The highest BCUT2D eigenvalue weighted by molar-refractivity contribution is 5.89. The highest BCUT2D eigenvalue weighted by atomic mass is 16.7. The summed E-state index contributed by atoms with van der Waals surface area (Å²) in [7, 11) is 0. The van der Waals surface area contributed by atoms with Crippen LogP contribution in [0, 0.1) is 0 Å². The molecular formula is C12H15NO7. The van der Waals surface area contributed by atoms with E-state index in [1.807, 2.05) is 0 Å². The maximum Gasteiger partial charge on any atom is 0.340 e. The minimum absolute atomic E-state index is 0.133. The number of aliphatic hydroxyl groups is 4. The van der Waals surface area contributed by atoms with E-state index in [1.165, 1.54) is 24.5 Å². The highest BCUT2D eigenvalue weighted by Crippen LogP contribution is 2.23. The summed E-state index contributed by atoms with van der Waals surface area (Å²) in [5.41, 5.74) is 0.133. The molecule has 0 aliphatic carbocycles. The molecule has 0 spiro atoms. The van der Waals surface area contributed by atoms with Gasteiger partial charge in [0.2, 0.25) is 0 Å². The fourth-order valence-electron chi connectivity index (χ4n) is 1.88. The Balaban J connectivity index is 2.11. The molecule has 0 amide bonds. The Morgan fingerprint density at radius 2 is 2.10 bits per heavy atom. The third-order valence-corrected chi connectivity index (χ3v) is 2.98. The number of carbonyl (C=O) groups excluding carboxylic acids is 1. The molecule has 1 fully saturated rings. The molecular weight excluding hydrogens is 270 g/mol. The lowest BCUT2D eigenvalue weighted by Crippen LogP contribution is -2.59. The van der Waals surface area contributed by atoms with Crippen molar-refractivity contribution in [1.29, 1.82) is 0 Å². The fraction of sp³-hybridized carbons (Fsp3) is 0.500. The van der Waals surface area contributed by atoms with Crippen LogP contribution < -0.4 is 0 Å². The zero-order valence-corrected chi connectivity index (χ0v) is 10.4. The van der Waals surface area contributed by atoms with E-state index < -0.39 is 43.3 Å². The van der Waals surface area contributed by atoms with E-state index in [2.05, 4.69) is 4.98 Å². The van der Waals surface area contributed by atoms with E-state index in [0.717, 1.165) is 0 Å². The average Bonchev–Trinajstić information content (AvgIpc) is 2.48. The van der Waals surface area contributed by atoms with Crippen molar-refractivity contribution in [2.45, 2.75) is 30.7 Å². The second kappa shape index (κ2) is 6.25. The SMILES string of the molecule is O=C(O[C@@H]1[C@@H](O)[C@@H](O)O[C@H](CO)[C@H]1O)c1cccnc1. The minimum atomic E-state index is -1.66. The van der Waals surface area contributed by atoms with Crippen molar-refractivity contribution >= 4 is 5.97 Å². The molecule has 8 nitrogen and oxygen atoms in total. The molecule has 0 bridgehead atoms. The number of nitrogens with zero attached hydrogens (tertiary/aromatic N) is 1. The molecule has 2 heterocycles. The molecule has 1 saturated heterocycles. The van der Waals surface area contributed by atoms with Gasteiger partial charge in [0.15, 0.2) is 12.4 Å². The van der Waals surface area contributed by atoms with Crippen LogP contribution in [0.25, 0.3) is 0 Å². The first kappa shape index (κ1) is 14.8. The van der Waals surface area contributed by atoms with Gasteiger partial charge in [-0.15, -0.1) is 0 Å². The molecule has 8 heteroatoms. The Hall–Kier alpha value is -1.58. The number of rotatable bonds is 3. The molecule has 0 aromatic carbocycles. The Morgan fingerprint density at radius 1 is 1.35 bits per heavy atom. The summed E-state index contributed by atoms with van der Waals surface area (Å²) in [6.45, 7) is -0.591. The van der Waals surface area contributed by atoms with Crippen LogP contribution in [-0.2, 0) is 9.47 Å². The second-order valence-corrected chi connectivity index (χ2v) is 4.34. The lowest BCUT2D eigenvalue weighted by Gasteiger charge is -2.39. The van der Waals surface area contributed by atoms with Gasteiger partial charge in [-0.25, -0.2) is 4.79 Å². The smallest absolute Gasteiger partial charge is 0.340 e. The van der Waals surface area contributed by atoms with Crippen LogP contribution in [0.4, 0.5) is 0 Å². The summed E-state index contributed by atoms with van der Waals surface area (Å²) >= 11 is 0. The lowest BCUT2D eigenvalue weighted by molar-refractivity contribution is -0.285. The molecule has 110 valence electrons. The second-order valence-electron chi connectivity index (χ2n) is 4.34. The van der Waals surface area contributed by atoms with Crippen LogP contribution in [0.1, 0.15) is 10.4 Å². The van der Waals surface area contributed by atoms with Gasteiger partial charge >= 0.3 is 5.97 Å². The van der Waals surface area contributed by atoms with Crippen molar-refractivity contribution in [2.75, 3.05) is 6.61 Å². The van der Waals surface area contributed by atoms with Gasteiger partial charge < -0.3 is 29.9 Å². The summed E-state index contributed by atoms with van der Waals surface area (Å²) < 4.78 is 9.75. The van der Waals surface area contributed by atoms with Crippen LogP contribution in [0.5, 0.6) is 0 Å². The van der Waals surface area contributed by atoms with Crippen molar-refractivity contribution in [3.8, 4) is 0 Å². The zero-order valence-electron chi connectivity index (χ0n) is 10.4. The number of pyridine rings is 1. The first-order valence-electron chi connectivity index (χ1n) is 5.96. The Bertz CT molecular complexity index is 454. The summed E-state index contributed by atoms with van der Waals surface area (Å²) in [4.78, 5) is 15.6. The molecule has 2 rings (SSSR count). The fourth-order valence-corrected chi connectivity index (χ4v) is 1.88. The Morgan fingerprint density at radius 3 is 2.70 bits per heavy atom. The van der Waals surface area contributed by atoms with E-state index in [0.29, 0.717) is 0 Å². The van der Waals surface area contributed by atoms with Crippen LogP contribution in [0.3, 0.4) is 0 Å². The van der Waals surface area contributed by atoms with Crippen molar-refractivity contribution in [3.05, 3.63) is 30.1 Å². The van der Waals surface area contributed by atoms with Gasteiger partial charge in [-0.2, -0.15) is 0 Å². The summed E-state index contributed by atoms with van der Waals surface area (Å²) in [5.74, 6) is -0.813. The molecule has 0 saturated carbocycles. The van der Waals surface area contributed by atoms with Gasteiger partial charge in [0.25, 0.3) is 0 Å². The quantitative estimate of drug-likeness (QED) is 0.471. The van der Waals surface area contributed by atoms with Gasteiger partial charge in [0.05, 0.1) is 12.2 Å². The molecule has 0 unspecified atom stereocenters. The number of carbonyl (C=O) groups is 1. The normalized spacial score (nSPS) is 33.7. The third-order valence-electron chi connectivity index (χ3n) is 2.98. The number of hydrogen-bond donors (Lipinski definition) is 4. The number of hydrogen-bond acceptors (Lipinski definition) is 8. The van der Waals surface area contributed by atoms with Crippen molar-refractivity contribution < 1.29 is 34.7 Å². The maximum absolute atomic E-state index is 11.8. The van der Waals surface area contributed by atoms with E-state index in [-0.39, 0.29) is 5.56 Å². The predicted molar refractivity (Wildman–Crippen MR) is 63.4 cm³/mol. The topological polar surface area (TPSA) is 129 Å². The maximum atomic E-state index is 11.8. The van der Waals surface area contributed by atoms with Gasteiger partial charge in [-0.3, -0.25) is 4.98 Å². The molecule has 5 atom stereocenters. The number of aliphatic hydroxyl groups excluding tert-OH is 4. The van der Waals surface area contributed by atoms with Crippen LogP contribution in [-0.4, -0.2) is 68.7 Å². The van der Waals surface area contributed by atoms with Crippen molar-refractivity contribution in [2.24, 2.45) is 0 Å². The van der Waals surface area contributed by atoms with E-state index in [4.69, 9.17) is 14.6 Å². The van der Waals surface area contributed by atoms with Crippen molar-refractivity contribution in [1.82, 2.24) is 4.98 Å². The van der Waals surface area contributed by atoms with Gasteiger partial charge in [-0.05, 0) is 12.1 Å². The van der Waals surface area contributed by atoms with Crippen LogP contribution in [0.15, 0.2) is 24.5 Å². The predicted octanol–water partition coefficient (Wildman–Crippen LogP) is -1.96. The Kier molecular flexibility index (Phi) is 4.63. The monoisotopic (exact) mass is 285 g/mol. The van der Waals surface area contributed by atoms with Crippen LogP contribution >= 0.6 is 0 Å². The third kappa shape index (κ3) is 2.94. The zero-order chi connectivity index (χ0) is 14.7. The summed E-state index contributed by atoms with van der Waals surface area (Å²) in [6.07, 6.45) is -4.57. The lowest BCUT2D eigenvalue weighted by atomic mass is 9.99. The van der Waals surface area contributed by atoms with Crippen LogP contribution in [0.2, 0.25) is 0 Å². The average molecular weight is 285 g/mol. The first-order chi connectivity index (χ1) is 9.54. The van der Waals surface area contributed by atoms with Gasteiger partial charge in [-0.1, -0.05) is 0 Å². The van der Waals surface area contributed by atoms with Crippen molar-refractivity contribution in [3.63, 3.8) is 0 Å². The number of ether oxygens (including phenoxy) is 2. The molecule has 20 heavy (non-hydrogen) atoms. The molecule has 1 aliphatic heterocycles. The molecule has 4 N–H and O–H groups in total. The van der Waals surface area contributed by atoms with Gasteiger partial charge in [0.1, 0.15) is 18.3 Å². The molecule has 1 aromatic rings. The van der Waals surface area contributed by atoms with E-state index in [9.17, 15) is 20.1 Å². The first-order valence-corrected chi connectivity index (χ1v) is 5.96. The standard InChI is InChI=1S/C12H15NO7/c14-5-7-8(15)10(9(16)12(18)19-7)20-11(17)6-2-1-3-13-4-6/h1-4,7-10,12,14-16,18H,5H2/t7-,8-,9-,10+,12+/m1/s1. The highest BCUT2D eigenvalue weighted by Gasteiger charge is 2.46.